The standard InChI is InChI=1S/C12H19NO2/c1-3-14-12(15-4-2)6-5-11-7-9-13-10-8-11/h7-10,12H,3-6H2,1-2H3. The lowest BCUT2D eigenvalue weighted by molar-refractivity contribution is -0.139. The third-order valence-electron chi connectivity index (χ3n) is 2.12. The average molecular weight is 209 g/mol. The van der Waals surface area contributed by atoms with Crippen LogP contribution < -0.4 is 0 Å². The minimum absolute atomic E-state index is 0.0758. The van der Waals surface area contributed by atoms with Gasteiger partial charge in [-0.15, -0.1) is 0 Å². The van der Waals surface area contributed by atoms with Gasteiger partial charge in [-0.05, 0) is 38.0 Å². The molecule has 0 unspecified atom stereocenters. The van der Waals surface area contributed by atoms with Gasteiger partial charge in [0.05, 0.1) is 0 Å². The Kier molecular flexibility index (Phi) is 5.97. The molecule has 1 rings (SSSR count). The zero-order valence-corrected chi connectivity index (χ0v) is 9.48. The van der Waals surface area contributed by atoms with Gasteiger partial charge in [0.1, 0.15) is 0 Å². The molecule has 0 fully saturated rings. The molecule has 0 N–H and O–H groups in total. The Bertz CT molecular complexity index is 245. The van der Waals surface area contributed by atoms with Crippen LogP contribution in [0.3, 0.4) is 0 Å². The van der Waals surface area contributed by atoms with Gasteiger partial charge >= 0.3 is 0 Å². The third-order valence-corrected chi connectivity index (χ3v) is 2.12. The van der Waals surface area contributed by atoms with Gasteiger partial charge in [-0.1, -0.05) is 0 Å². The molecule has 0 bridgehead atoms. The van der Waals surface area contributed by atoms with Gasteiger partial charge in [0.15, 0.2) is 6.29 Å². The molecule has 0 saturated carbocycles. The molecular weight excluding hydrogens is 190 g/mol. The minimum Gasteiger partial charge on any atom is -0.353 e. The largest absolute Gasteiger partial charge is 0.353 e. The van der Waals surface area contributed by atoms with Gasteiger partial charge < -0.3 is 9.47 Å². The molecule has 3 nitrogen and oxygen atoms in total. The van der Waals surface area contributed by atoms with Crippen LogP contribution in [0.4, 0.5) is 0 Å². The molecule has 15 heavy (non-hydrogen) atoms. The third kappa shape index (κ3) is 4.91. The zero-order chi connectivity index (χ0) is 10.9. The molecule has 0 radical (unpaired) electrons. The van der Waals surface area contributed by atoms with Crippen molar-refractivity contribution in [2.75, 3.05) is 13.2 Å². The molecule has 84 valence electrons. The quantitative estimate of drug-likeness (QED) is 0.646. The normalized spacial score (nSPS) is 10.9. The maximum absolute atomic E-state index is 5.47. The number of hydrogen-bond acceptors (Lipinski definition) is 3. The molecule has 0 aliphatic carbocycles. The summed E-state index contributed by atoms with van der Waals surface area (Å²) in [6.07, 6.45) is 5.41. The second-order valence-corrected chi connectivity index (χ2v) is 3.23. The average Bonchev–Trinajstić information content (AvgIpc) is 2.28. The fourth-order valence-electron chi connectivity index (χ4n) is 1.42. The Morgan fingerprint density at radius 1 is 1.13 bits per heavy atom. The van der Waals surface area contributed by atoms with Crippen LogP contribution in [0.15, 0.2) is 24.5 Å². The van der Waals surface area contributed by atoms with Gasteiger partial charge in [0.2, 0.25) is 0 Å². The first-order chi connectivity index (χ1) is 7.36. The molecule has 1 aromatic rings. The summed E-state index contributed by atoms with van der Waals surface area (Å²) in [5.41, 5.74) is 1.27. The van der Waals surface area contributed by atoms with Crippen LogP contribution in [0.2, 0.25) is 0 Å². The fraction of sp³-hybridized carbons (Fsp3) is 0.583. The smallest absolute Gasteiger partial charge is 0.157 e. The van der Waals surface area contributed by atoms with Crippen molar-refractivity contribution in [3.8, 4) is 0 Å². The van der Waals surface area contributed by atoms with E-state index in [9.17, 15) is 0 Å². The van der Waals surface area contributed by atoms with Crippen LogP contribution in [0.1, 0.15) is 25.8 Å². The van der Waals surface area contributed by atoms with Gasteiger partial charge in [0.25, 0.3) is 0 Å². The predicted molar refractivity (Wildman–Crippen MR) is 59.6 cm³/mol. The maximum atomic E-state index is 5.47. The van der Waals surface area contributed by atoms with Crippen molar-refractivity contribution in [2.24, 2.45) is 0 Å². The van der Waals surface area contributed by atoms with E-state index < -0.39 is 0 Å². The van der Waals surface area contributed by atoms with Gasteiger partial charge in [-0.3, -0.25) is 4.98 Å². The van der Waals surface area contributed by atoms with E-state index in [1.54, 1.807) is 0 Å². The molecule has 0 spiro atoms. The summed E-state index contributed by atoms with van der Waals surface area (Å²) in [7, 11) is 0. The molecule has 0 aliphatic heterocycles. The van der Waals surface area contributed by atoms with Gasteiger partial charge in [-0.2, -0.15) is 0 Å². The van der Waals surface area contributed by atoms with E-state index in [1.165, 1.54) is 5.56 Å². The fourth-order valence-corrected chi connectivity index (χ4v) is 1.42. The van der Waals surface area contributed by atoms with Crippen LogP contribution in [-0.4, -0.2) is 24.5 Å². The molecule has 1 aromatic heterocycles. The molecule has 0 amide bonds. The number of hydrogen-bond donors (Lipinski definition) is 0. The molecule has 1 heterocycles. The first-order valence-electron chi connectivity index (χ1n) is 5.49. The number of rotatable bonds is 7. The first-order valence-corrected chi connectivity index (χ1v) is 5.49. The predicted octanol–water partition coefficient (Wildman–Crippen LogP) is 2.41. The van der Waals surface area contributed by atoms with E-state index in [0.29, 0.717) is 13.2 Å². The lowest BCUT2D eigenvalue weighted by Gasteiger charge is -2.16. The Hall–Kier alpha value is -0.930. The summed E-state index contributed by atoms with van der Waals surface area (Å²) in [5.74, 6) is 0. The van der Waals surface area contributed by atoms with Crippen LogP contribution in [0.5, 0.6) is 0 Å². The second kappa shape index (κ2) is 7.37. The number of aryl methyl sites for hydroxylation is 1. The maximum Gasteiger partial charge on any atom is 0.157 e. The monoisotopic (exact) mass is 209 g/mol. The van der Waals surface area contributed by atoms with Gasteiger partial charge in [-0.25, -0.2) is 0 Å². The Morgan fingerprint density at radius 3 is 2.27 bits per heavy atom. The van der Waals surface area contributed by atoms with Crippen molar-refractivity contribution in [3.63, 3.8) is 0 Å². The molecule has 0 saturated heterocycles. The highest BCUT2D eigenvalue weighted by Gasteiger charge is 2.07. The summed E-state index contributed by atoms with van der Waals surface area (Å²) in [6.45, 7) is 5.36. The second-order valence-electron chi connectivity index (χ2n) is 3.23. The summed E-state index contributed by atoms with van der Waals surface area (Å²) in [5, 5.41) is 0. The van der Waals surface area contributed by atoms with E-state index in [2.05, 4.69) is 4.98 Å². The van der Waals surface area contributed by atoms with Gasteiger partial charge in [0, 0.05) is 32.0 Å². The van der Waals surface area contributed by atoms with Crippen molar-refractivity contribution < 1.29 is 9.47 Å². The summed E-state index contributed by atoms with van der Waals surface area (Å²) < 4.78 is 10.9. The number of pyridine rings is 1. The lowest BCUT2D eigenvalue weighted by atomic mass is 10.1. The molecule has 0 aromatic carbocycles. The Balaban J connectivity index is 2.33. The lowest BCUT2D eigenvalue weighted by Crippen LogP contribution is -2.18. The SMILES string of the molecule is CCOC(CCc1ccncc1)OCC. The van der Waals surface area contributed by atoms with Crippen LogP contribution in [-0.2, 0) is 15.9 Å². The van der Waals surface area contributed by atoms with E-state index in [4.69, 9.17) is 9.47 Å². The van der Waals surface area contributed by atoms with E-state index in [0.717, 1.165) is 12.8 Å². The summed E-state index contributed by atoms with van der Waals surface area (Å²) >= 11 is 0. The molecule has 0 aliphatic rings. The Labute approximate surface area is 91.4 Å². The van der Waals surface area contributed by atoms with Crippen molar-refractivity contribution in [1.82, 2.24) is 4.98 Å². The van der Waals surface area contributed by atoms with Crippen molar-refractivity contribution in [1.29, 1.82) is 0 Å². The number of nitrogens with zero attached hydrogens (tertiary/aromatic N) is 1. The molecule has 3 heteroatoms. The highest BCUT2D eigenvalue weighted by molar-refractivity contribution is 5.09. The van der Waals surface area contributed by atoms with E-state index >= 15 is 0 Å². The van der Waals surface area contributed by atoms with Crippen molar-refractivity contribution in [2.45, 2.75) is 33.0 Å². The summed E-state index contributed by atoms with van der Waals surface area (Å²) in [6, 6.07) is 4.05. The number of ether oxygens (including phenoxy) is 2. The minimum atomic E-state index is -0.0758. The topological polar surface area (TPSA) is 31.4 Å². The van der Waals surface area contributed by atoms with E-state index in [-0.39, 0.29) is 6.29 Å². The van der Waals surface area contributed by atoms with Crippen LogP contribution in [0, 0.1) is 0 Å². The first kappa shape index (κ1) is 12.1. The highest BCUT2D eigenvalue weighted by Crippen LogP contribution is 2.07. The highest BCUT2D eigenvalue weighted by atomic mass is 16.7. The van der Waals surface area contributed by atoms with Crippen molar-refractivity contribution >= 4 is 0 Å². The zero-order valence-electron chi connectivity index (χ0n) is 9.48. The summed E-state index contributed by atoms with van der Waals surface area (Å²) in [4.78, 5) is 3.98. The number of aromatic nitrogens is 1. The molecule has 0 atom stereocenters. The van der Waals surface area contributed by atoms with Crippen LogP contribution >= 0.6 is 0 Å². The Morgan fingerprint density at radius 2 is 1.73 bits per heavy atom. The van der Waals surface area contributed by atoms with Crippen LogP contribution in [0.25, 0.3) is 0 Å². The van der Waals surface area contributed by atoms with E-state index in [1.807, 2.05) is 38.4 Å². The molecular formula is C12H19NO2. The van der Waals surface area contributed by atoms with Crippen molar-refractivity contribution in [3.05, 3.63) is 30.1 Å².